The molecule has 1 aromatic heterocycles. The van der Waals surface area contributed by atoms with Crippen LogP contribution in [0.4, 0.5) is 5.69 Å². The second-order valence-electron chi connectivity index (χ2n) is 2.96. The molecular weight excluding hydrogens is 238 g/mol. The zero-order chi connectivity index (χ0) is 8.55. The Kier molecular flexibility index (Phi) is 4.23. The summed E-state index contributed by atoms with van der Waals surface area (Å²) >= 11 is 0. The van der Waals surface area contributed by atoms with Gasteiger partial charge in [-0.05, 0) is 25.8 Å². The van der Waals surface area contributed by atoms with Crippen molar-refractivity contribution in [3.63, 3.8) is 0 Å². The Morgan fingerprint density at radius 3 is 3.00 bits per heavy atom. The quantitative estimate of drug-likeness (QED) is 0.582. The summed E-state index contributed by atoms with van der Waals surface area (Å²) in [4.78, 5) is 15.0. The average molecular weight is 247 g/mol. The van der Waals surface area contributed by atoms with Crippen molar-refractivity contribution in [2.24, 2.45) is 0 Å². The predicted octanol–water partition coefficient (Wildman–Crippen LogP) is -1.13. The molecule has 1 aliphatic rings. The summed E-state index contributed by atoms with van der Waals surface area (Å²) < 4.78 is 0. The van der Waals surface area contributed by atoms with Gasteiger partial charge in [0.25, 0.3) is 0 Å². The molecule has 0 aliphatic carbocycles. The van der Waals surface area contributed by atoms with E-state index in [0.717, 1.165) is 23.4 Å². The van der Waals surface area contributed by atoms with Crippen LogP contribution in [-0.4, -0.2) is 10.9 Å². The molecule has 62 valence electrons. The standard InChI is InChI=1S/C9H10N2O.Rb/c1-6-4-7-2-3-9(12)11-8(7)5-10-6;/h4-5H,2-3H2,1H3,(H,11,12);/q;+1/p-1. The molecule has 0 unspecified atom stereocenters. The molecule has 0 N–H and O–H groups in total. The van der Waals surface area contributed by atoms with E-state index in [1.807, 2.05) is 13.0 Å². The van der Waals surface area contributed by atoms with Crippen LogP contribution in [0.1, 0.15) is 17.7 Å². The van der Waals surface area contributed by atoms with Gasteiger partial charge in [-0.2, -0.15) is 0 Å². The summed E-state index contributed by atoms with van der Waals surface area (Å²) in [6.07, 6.45) is 3.01. The van der Waals surface area contributed by atoms with E-state index >= 15 is 0 Å². The minimum Gasteiger partial charge on any atom is -0.625 e. The van der Waals surface area contributed by atoms with Crippen LogP contribution < -0.4 is 58.2 Å². The van der Waals surface area contributed by atoms with Crippen molar-refractivity contribution >= 4 is 11.6 Å². The van der Waals surface area contributed by atoms with Crippen molar-refractivity contribution in [3.05, 3.63) is 28.8 Å². The largest absolute Gasteiger partial charge is 1.00 e. The molecule has 4 heteroatoms. The fourth-order valence-corrected chi connectivity index (χ4v) is 1.34. The Balaban J connectivity index is 0.000000845. The number of carbonyl (C=O) groups is 1. The van der Waals surface area contributed by atoms with Crippen LogP contribution in [0.5, 0.6) is 0 Å². The maximum atomic E-state index is 10.9. The van der Waals surface area contributed by atoms with Crippen LogP contribution in [0.3, 0.4) is 0 Å². The minimum atomic E-state index is -0.0341. The van der Waals surface area contributed by atoms with Crippen molar-refractivity contribution in [3.8, 4) is 0 Å². The van der Waals surface area contributed by atoms with Gasteiger partial charge in [0.2, 0.25) is 0 Å². The first-order chi connectivity index (χ1) is 5.75. The molecule has 0 fully saturated rings. The van der Waals surface area contributed by atoms with E-state index in [1.54, 1.807) is 6.20 Å². The SMILES string of the molecule is Cc1cc2c(cn1)[N-]C(=O)CC2.[Rb+]. The van der Waals surface area contributed by atoms with Gasteiger partial charge < -0.3 is 10.1 Å². The zero-order valence-corrected chi connectivity index (χ0v) is 12.8. The van der Waals surface area contributed by atoms with Gasteiger partial charge in [-0.25, -0.2) is 0 Å². The number of rotatable bonds is 0. The van der Waals surface area contributed by atoms with Gasteiger partial charge in [-0.15, -0.1) is 5.69 Å². The number of aromatic nitrogens is 1. The number of nitrogens with zero attached hydrogens (tertiary/aromatic N) is 2. The van der Waals surface area contributed by atoms with Crippen molar-refractivity contribution in [2.75, 3.05) is 0 Å². The van der Waals surface area contributed by atoms with Gasteiger partial charge in [0.1, 0.15) is 0 Å². The normalized spacial score (nSPS) is 14.1. The van der Waals surface area contributed by atoms with E-state index in [2.05, 4.69) is 10.3 Å². The molecule has 0 bridgehead atoms. The third-order valence-electron chi connectivity index (χ3n) is 1.96. The number of hydrogen-bond donors (Lipinski definition) is 0. The molecule has 2 rings (SSSR count). The molecule has 0 saturated carbocycles. The maximum absolute atomic E-state index is 10.9. The van der Waals surface area contributed by atoms with Gasteiger partial charge in [-0.3, -0.25) is 4.98 Å². The smallest absolute Gasteiger partial charge is 0.625 e. The van der Waals surface area contributed by atoms with Crippen molar-refractivity contribution < 1.29 is 63.0 Å². The second kappa shape index (κ2) is 4.78. The van der Waals surface area contributed by atoms with E-state index in [1.165, 1.54) is 0 Å². The van der Waals surface area contributed by atoms with E-state index in [9.17, 15) is 4.79 Å². The Morgan fingerprint density at radius 1 is 1.46 bits per heavy atom. The van der Waals surface area contributed by atoms with Crippen LogP contribution >= 0.6 is 0 Å². The van der Waals surface area contributed by atoms with E-state index in [0.29, 0.717) is 6.42 Å². The topological polar surface area (TPSA) is 44.1 Å². The molecule has 0 spiro atoms. The van der Waals surface area contributed by atoms with Crippen LogP contribution in [0, 0.1) is 6.92 Å². The van der Waals surface area contributed by atoms with Gasteiger partial charge in [-0.1, -0.05) is 5.56 Å². The fraction of sp³-hybridized carbons (Fsp3) is 0.333. The Labute approximate surface area is 126 Å². The Bertz CT molecular complexity index is 338. The Hall–Kier alpha value is 0.425. The number of amides is 1. The third kappa shape index (κ3) is 2.69. The molecule has 1 aromatic rings. The summed E-state index contributed by atoms with van der Waals surface area (Å²) in [6, 6.07) is 1.99. The first-order valence-corrected chi connectivity index (χ1v) is 3.96. The first-order valence-electron chi connectivity index (χ1n) is 3.96. The number of carbonyl (C=O) groups excluding carboxylic acids is 1. The summed E-state index contributed by atoms with van der Waals surface area (Å²) in [5.74, 6) is -0.0341. The van der Waals surface area contributed by atoms with Crippen molar-refractivity contribution in [2.45, 2.75) is 19.8 Å². The molecule has 0 aromatic carbocycles. The van der Waals surface area contributed by atoms with E-state index < -0.39 is 0 Å². The number of fused-ring (bicyclic) bond motifs is 1. The van der Waals surface area contributed by atoms with Gasteiger partial charge in [0, 0.05) is 11.9 Å². The van der Waals surface area contributed by atoms with E-state index in [4.69, 9.17) is 0 Å². The second-order valence-corrected chi connectivity index (χ2v) is 2.96. The zero-order valence-electron chi connectivity index (χ0n) is 7.87. The minimum absolute atomic E-state index is 0. The molecule has 1 aliphatic heterocycles. The Morgan fingerprint density at radius 2 is 2.23 bits per heavy atom. The fourth-order valence-electron chi connectivity index (χ4n) is 1.34. The average Bonchev–Trinajstić information content (AvgIpc) is 2.05. The molecule has 1 amide bonds. The number of pyridine rings is 1. The molecule has 0 saturated heterocycles. The molecule has 2 heterocycles. The molecular formula is C9H9N2ORb. The van der Waals surface area contributed by atoms with Gasteiger partial charge >= 0.3 is 58.2 Å². The van der Waals surface area contributed by atoms with Crippen LogP contribution in [0.25, 0.3) is 5.32 Å². The maximum Gasteiger partial charge on any atom is 1.00 e. The molecule has 13 heavy (non-hydrogen) atoms. The third-order valence-corrected chi connectivity index (χ3v) is 1.96. The van der Waals surface area contributed by atoms with Crippen LogP contribution in [0.15, 0.2) is 12.3 Å². The summed E-state index contributed by atoms with van der Waals surface area (Å²) in [7, 11) is 0. The van der Waals surface area contributed by atoms with Gasteiger partial charge in [0.05, 0.1) is 5.91 Å². The molecule has 0 atom stereocenters. The van der Waals surface area contributed by atoms with Crippen LogP contribution in [-0.2, 0) is 11.2 Å². The summed E-state index contributed by atoms with van der Waals surface area (Å²) in [6.45, 7) is 1.94. The van der Waals surface area contributed by atoms with E-state index in [-0.39, 0.29) is 64.1 Å². The van der Waals surface area contributed by atoms with Crippen molar-refractivity contribution in [1.82, 2.24) is 4.98 Å². The van der Waals surface area contributed by atoms with Crippen LogP contribution in [0.2, 0.25) is 0 Å². The monoisotopic (exact) mass is 246 g/mol. The number of aryl methyl sites for hydroxylation is 2. The summed E-state index contributed by atoms with van der Waals surface area (Å²) in [5.41, 5.74) is 2.87. The summed E-state index contributed by atoms with van der Waals surface area (Å²) in [5, 5.41) is 3.89. The van der Waals surface area contributed by atoms with Gasteiger partial charge in [0.15, 0.2) is 0 Å². The first kappa shape index (κ1) is 11.5. The number of hydrogen-bond acceptors (Lipinski definition) is 2. The van der Waals surface area contributed by atoms with Crippen molar-refractivity contribution in [1.29, 1.82) is 0 Å². The molecule has 3 nitrogen and oxygen atoms in total. The molecule has 0 radical (unpaired) electrons. The predicted molar refractivity (Wildman–Crippen MR) is 45.3 cm³/mol.